The fourth-order valence-electron chi connectivity index (χ4n) is 12.2. The molecule has 0 aliphatic heterocycles. The van der Waals surface area contributed by atoms with Crippen LogP contribution in [0.15, 0.2) is 11.1 Å². The normalized spacial score (nSPS) is 31.8. The Morgan fingerprint density at radius 1 is 0.964 bits per heavy atom. The summed E-state index contributed by atoms with van der Waals surface area (Å²) in [5.41, 5.74) is 0.364. The van der Waals surface area contributed by atoms with Crippen molar-refractivity contribution in [3.05, 3.63) is 11.1 Å². The molecule has 4 saturated carbocycles. The molecule has 0 aromatic rings. The van der Waals surface area contributed by atoms with Gasteiger partial charge < -0.3 is 19.8 Å². The highest BCUT2D eigenvalue weighted by Gasteiger charge is 2.66. The van der Waals surface area contributed by atoms with Gasteiger partial charge in [-0.05, 0) is 124 Å². The maximum absolute atomic E-state index is 14.2. The second-order valence-corrected chi connectivity index (χ2v) is 21.3. The molecule has 56 heavy (non-hydrogen) atoms. The largest absolute Gasteiger partial charge is 0.481 e. The highest BCUT2D eigenvalue weighted by Crippen LogP contribution is 2.73. The van der Waals surface area contributed by atoms with Crippen molar-refractivity contribution in [3.8, 4) is 0 Å². The van der Waals surface area contributed by atoms with Crippen LogP contribution >= 0.6 is 0 Å². The molecule has 0 unspecified atom stereocenters. The van der Waals surface area contributed by atoms with E-state index in [9.17, 15) is 29.4 Å². The maximum atomic E-state index is 14.2. The highest BCUT2D eigenvalue weighted by molar-refractivity contribution is 6.00. The quantitative estimate of drug-likeness (QED) is 0.132. The number of ether oxygens (including phenoxy) is 1. The number of fused-ring (bicyclic) bond motifs is 5. The zero-order chi connectivity index (χ0) is 41.6. The second kappa shape index (κ2) is 16.8. The maximum Gasteiger partial charge on any atom is 0.309 e. The van der Waals surface area contributed by atoms with Crippen LogP contribution in [0.3, 0.4) is 0 Å². The molecule has 0 heterocycles. The van der Waals surface area contributed by atoms with Crippen molar-refractivity contribution in [1.82, 2.24) is 9.80 Å². The number of aliphatic carboxylic acids is 1. The van der Waals surface area contributed by atoms with Crippen LogP contribution in [0.1, 0.15) is 159 Å². The van der Waals surface area contributed by atoms with Crippen molar-refractivity contribution in [1.29, 1.82) is 0 Å². The molecule has 1 amide bonds. The number of ketones is 1. The van der Waals surface area contributed by atoms with Gasteiger partial charge in [0.1, 0.15) is 6.10 Å². The Hall–Kier alpha value is -2.26. The molecule has 4 fully saturated rings. The number of amides is 1. The minimum Gasteiger partial charge on any atom is -0.481 e. The predicted octanol–water partition coefficient (Wildman–Crippen LogP) is 8.71. The minimum atomic E-state index is -1.18. The number of Topliss-reactive ketones (excluding diaryl/α,β-unsaturated/α-hetero) is 1. The second-order valence-electron chi connectivity index (χ2n) is 21.3. The van der Waals surface area contributed by atoms with Crippen LogP contribution in [0.25, 0.3) is 0 Å². The van der Waals surface area contributed by atoms with E-state index in [0.29, 0.717) is 37.3 Å². The summed E-state index contributed by atoms with van der Waals surface area (Å²) in [5, 5.41) is 22.2. The van der Waals surface area contributed by atoms with E-state index in [-0.39, 0.29) is 52.3 Å². The van der Waals surface area contributed by atoms with Gasteiger partial charge in [0, 0.05) is 57.4 Å². The Balaban J connectivity index is 1.39. The summed E-state index contributed by atoms with van der Waals surface area (Å²) in [6.45, 7) is 23.7. The lowest BCUT2D eigenvalue weighted by atomic mass is 9.38. The summed E-state index contributed by atoms with van der Waals surface area (Å²) in [7, 11) is 1.84. The number of carboxylic acid groups (broad SMARTS) is 1. The average molecular weight is 783 g/mol. The van der Waals surface area contributed by atoms with E-state index < -0.39 is 28.9 Å². The topological polar surface area (TPSA) is 124 Å². The number of aliphatic hydroxyl groups is 1. The molecule has 0 spiro atoms. The van der Waals surface area contributed by atoms with Crippen LogP contribution in [0, 0.1) is 56.7 Å². The van der Waals surface area contributed by atoms with E-state index in [4.69, 9.17) is 4.74 Å². The zero-order valence-corrected chi connectivity index (χ0v) is 37.1. The lowest BCUT2D eigenvalue weighted by Crippen LogP contribution is -2.60. The Labute approximate surface area is 339 Å². The Morgan fingerprint density at radius 2 is 1.64 bits per heavy atom. The van der Waals surface area contributed by atoms with Crippen LogP contribution in [0.5, 0.6) is 0 Å². The first-order chi connectivity index (χ1) is 26.0. The van der Waals surface area contributed by atoms with E-state index in [1.165, 1.54) is 18.4 Å². The molecule has 9 heteroatoms. The number of carbonyl (C=O) groups is 4. The lowest BCUT2D eigenvalue weighted by Gasteiger charge is -2.67. The Morgan fingerprint density at radius 3 is 2.23 bits per heavy atom. The average Bonchev–Trinajstić information content (AvgIpc) is 3.87. The number of esters is 1. The third-order valence-electron chi connectivity index (χ3n) is 16.7. The van der Waals surface area contributed by atoms with Gasteiger partial charge in [-0.2, -0.15) is 0 Å². The fraction of sp³-hybridized carbons (Fsp3) is 0.872. The number of nitrogens with zero attached hydrogens (tertiary/aromatic N) is 2. The van der Waals surface area contributed by atoms with Gasteiger partial charge in [-0.3, -0.25) is 24.1 Å². The number of likely N-dealkylation sites (N-methyl/N-ethyl adjacent to an activating group) is 1. The van der Waals surface area contributed by atoms with Gasteiger partial charge in [-0.1, -0.05) is 66.9 Å². The van der Waals surface area contributed by atoms with Gasteiger partial charge >= 0.3 is 11.9 Å². The van der Waals surface area contributed by atoms with Crippen LogP contribution in [0.4, 0.5) is 0 Å². The predicted molar refractivity (Wildman–Crippen MR) is 221 cm³/mol. The van der Waals surface area contributed by atoms with Crippen molar-refractivity contribution < 1.29 is 34.1 Å². The lowest BCUT2D eigenvalue weighted by molar-refractivity contribution is -0.174. The Bertz CT molecular complexity index is 1510. The Kier molecular flexibility index (Phi) is 13.4. The van der Waals surface area contributed by atoms with Crippen molar-refractivity contribution in [2.24, 2.45) is 56.7 Å². The van der Waals surface area contributed by atoms with Gasteiger partial charge in [0.2, 0.25) is 5.91 Å². The van der Waals surface area contributed by atoms with E-state index in [2.05, 4.69) is 53.4 Å². The van der Waals surface area contributed by atoms with E-state index in [1.807, 2.05) is 7.05 Å². The molecule has 2 N–H and O–H groups in total. The van der Waals surface area contributed by atoms with Gasteiger partial charge in [0.05, 0.1) is 17.9 Å². The van der Waals surface area contributed by atoms with Crippen LogP contribution in [-0.2, 0) is 23.9 Å². The van der Waals surface area contributed by atoms with Crippen molar-refractivity contribution in [3.63, 3.8) is 0 Å². The monoisotopic (exact) mass is 783 g/mol. The van der Waals surface area contributed by atoms with Crippen LogP contribution in [-0.4, -0.2) is 89.1 Å². The molecular formula is C47H78N2O7. The summed E-state index contributed by atoms with van der Waals surface area (Å²) in [4.78, 5) is 55.4. The molecular weight excluding hydrogens is 705 g/mol. The standard InChI is InChI=1S/C47H78N2O7/c1-12-13-14-38(56-39(53)27-43(5,6)42(54)55)44(7,8)33-19-20-45(9)34(25-33)17-18-35-41-40(30(2)3)36(51)26-47(41,22-21-46(35,45)10)37(52)29-49(28-32-15-16-32)24-23-48(11)31(4)50/h30,32-35,37-38,52H,12-29H2,1-11H3,(H,54,55)/t33-,34-,35-,37+,38+,45-,46-,47+/m1/s1. The van der Waals surface area contributed by atoms with Gasteiger partial charge in [-0.25, -0.2) is 0 Å². The molecule has 0 bridgehead atoms. The summed E-state index contributed by atoms with van der Waals surface area (Å²) < 4.78 is 6.25. The number of hydrogen-bond acceptors (Lipinski definition) is 7. The number of rotatable bonds is 18. The van der Waals surface area contributed by atoms with Crippen molar-refractivity contribution in [2.45, 2.75) is 171 Å². The number of hydrogen-bond donors (Lipinski definition) is 2. The highest BCUT2D eigenvalue weighted by atomic mass is 16.5. The molecule has 5 aliphatic rings. The summed E-state index contributed by atoms with van der Waals surface area (Å²) in [6.07, 6.45) is 11.6. The molecule has 8 atom stereocenters. The first kappa shape index (κ1) is 44.8. The van der Waals surface area contributed by atoms with Crippen molar-refractivity contribution in [2.75, 3.05) is 33.2 Å². The van der Waals surface area contributed by atoms with Gasteiger partial charge in [0.15, 0.2) is 5.78 Å². The zero-order valence-electron chi connectivity index (χ0n) is 37.1. The summed E-state index contributed by atoms with van der Waals surface area (Å²) in [6, 6.07) is 0. The number of unbranched alkanes of at least 4 members (excludes halogenated alkanes) is 1. The molecule has 318 valence electrons. The third kappa shape index (κ3) is 8.56. The molecule has 0 aromatic carbocycles. The molecule has 9 nitrogen and oxygen atoms in total. The SMILES string of the molecule is CCCC[C@H](OC(=O)CC(C)(C)C(=O)O)C(C)(C)[C@@H]1CC[C@]2(C)[C@H](CC[C@@H]3C4=C(C(C)C)C(=O)C[C@]4([C@@H](O)CN(CCN(C)C(C)=O)CC4CC4)CC[C@]32C)C1. The molecule has 0 radical (unpaired) electrons. The van der Waals surface area contributed by atoms with E-state index in [1.54, 1.807) is 25.7 Å². The van der Waals surface area contributed by atoms with E-state index in [0.717, 1.165) is 82.9 Å². The molecule has 0 saturated heterocycles. The number of aliphatic hydroxyl groups excluding tert-OH is 1. The number of carbonyl (C=O) groups excluding carboxylic acids is 3. The van der Waals surface area contributed by atoms with E-state index >= 15 is 0 Å². The minimum absolute atomic E-state index is 0.0112. The summed E-state index contributed by atoms with van der Waals surface area (Å²) in [5.74, 6) is 0.736. The fourth-order valence-corrected chi connectivity index (χ4v) is 12.2. The molecule has 5 aliphatic carbocycles. The van der Waals surface area contributed by atoms with Gasteiger partial charge in [-0.15, -0.1) is 0 Å². The molecule has 0 aromatic heterocycles. The van der Waals surface area contributed by atoms with Crippen LogP contribution in [0.2, 0.25) is 0 Å². The first-order valence-corrected chi connectivity index (χ1v) is 22.4. The first-order valence-electron chi connectivity index (χ1n) is 22.4. The van der Waals surface area contributed by atoms with Crippen molar-refractivity contribution >= 4 is 23.6 Å². The van der Waals surface area contributed by atoms with Gasteiger partial charge in [0.25, 0.3) is 0 Å². The number of carboxylic acids is 1. The smallest absolute Gasteiger partial charge is 0.309 e. The number of allylic oxidation sites excluding steroid dienone is 1. The summed E-state index contributed by atoms with van der Waals surface area (Å²) >= 11 is 0. The van der Waals surface area contributed by atoms with Crippen LogP contribution < -0.4 is 0 Å². The molecule has 5 rings (SSSR count). The third-order valence-corrected chi connectivity index (χ3v) is 16.7.